The Balaban J connectivity index is 0.000000106. The Kier molecular flexibility index (Phi) is 10.2. The van der Waals surface area contributed by atoms with Gasteiger partial charge in [0.1, 0.15) is 17.2 Å². The van der Waals surface area contributed by atoms with Crippen LogP contribution in [0.25, 0.3) is 5.57 Å². The average Bonchev–Trinajstić information content (AvgIpc) is 3.93. The Morgan fingerprint density at radius 3 is 1.84 bits per heavy atom. The molecule has 0 spiro atoms. The molecule has 7 nitrogen and oxygen atoms in total. The van der Waals surface area contributed by atoms with E-state index in [-0.39, 0.29) is 30.0 Å². The molecule has 7 heteroatoms. The van der Waals surface area contributed by atoms with Crippen LogP contribution in [0.3, 0.4) is 0 Å². The monoisotopic (exact) mass is 788 g/mol. The van der Waals surface area contributed by atoms with E-state index in [1.807, 2.05) is 24.3 Å². The van der Waals surface area contributed by atoms with Crippen molar-refractivity contribution < 1.29 is 35.7 Å². The molecule has 0 radical (unpaired) electrons. The molecule has 0 aromatic heterocycles. The first-order valence-electron chi connectivity index (χ1n) is 23.0. The lowest BCUT2D eigenvalue weighted by Crippen LogP contribution is -2.48. The SMILES string of the molecule is Oc1ccc2c(c1)CCC1C2=CCC2C(O)CCC12.Oc1ccc2c(c1)CCC1C2CCC2C(O)CCC21.Oc1ccc2c(c1)CCC1C3CCC(O)C3CCC21O. The first-order valence-corrected chi connectivity index (χ1v) is 23.0. The van der Waals surface area contributed by atoms with Gasteiger partial charge in [-0.3, -0.25) is 0 Å². The first kappa shape index (κ1) is 38.8. The van der Waals surface area contributed by atoms with Crippen LogP contribution in [0.1, 0.15) is 129 Å². The lowest BCUT2D eigenvalue weighted by molar-refractivity contribution is -0.112. The minimum atomic E-state index is -0.744. The van der Waals surface area contributed by atoms with Gasteiger partial charge in [-0.05, 0) is 244 Å². The van der Waals surface area contributed by atoms with E-state index in [0.29, 0.717) is 52.9 Å². The number of aryl methyl sites for hydroxylation is 3. The van der Waals surface area contributed by atoms with E-state index in [1.54, 1.807) is 18.2 Å². The molecule has 5 fully saturated rings. The molecular formula is C51H64O7. The van der Waals surface area contributed by atoms with Crippen LogP contribution in [0.4, 0.5) is 0 Å². The second kappa shape index (κ2) is 15.3. The van der Waals surface area contributed by atoms with E-state index in [9.17, 15) is 35.7 Å². The molecule has 5 saturated carbocycles. The Labute approximate surface area is 343 Å². The second-order valence-corrected chi connectivity index (χ2v) is 20.0. The third-order valence-corrected chi connectivity index (χ3v) is 17.6. The van der Waals surface area contributed by atoms with Crippen molar-refractivity contribution in [3.05, 3.63) is 94.1 Å². The zero-order valence-corrected chi connectivity index (χ0v) is 33.9. The minimum Gasteiger partial charge on any atom is -0.508 e. The van der Waals surface area contributed by atoms with Crippen LogP contribution < -0.4 is 0 Å². The number of fused-ring (bicyclic) bond motifs is 15. The number of hydrogen-bond donors (Lipinski definition) is 7. The number of aromatic hydroxyl groups is 3. The Morgan fingerprint density at radius 1 is 0.466 bits per heavy atom. The highest BCUT2D eigenvalue weighted by Crippen LogP contribution is 2.58. The lowest BCUT2D eigenvalue weighted by atomic mass is 9.58. The van der Waals surface area contributed by atoms with Crippen molar-refractivity contribution in [3.63, 3.8) is 0 Å². The minimum absolute atomic E-state index is 0.0350. The van der Waals surface area contributed by atoms with Gasteiger partial charge < -0.3 is 35.7 Å². The zero-order chi connectivity index (χ0) is 39.9. The van der Waals surface area contributed by atoms with Gasteiger partial charge in [0.05, 0.1) is 23.9 Å². The summed E-state index contributed by atoms with van der Waals surface area (Å²) in [6, 6.07) is 17.1. The van der Waals surface area contributed by atoms with Gasteiger partial charge in [0.15, 0.2) is 0 Å². The summed E-state index contributed by atoms with van der Waals surface area (Å²) in [7, 11) is 0. The van der Waals surface area contributed by atoms with E-state index in [4.69, 9.17) is 0 Å². The van der Waals surface area contributed by atoms with Crippen LogP contribution in [0.2, 0.25) is 0 Å². The van der Waals surface area contributed by atoms with Crippen LogP contribution in [-0.2, 0) is 24.9 Å². The maximum atomic E-state index is 11.3. The number of aliphatic hydroxyl groups excluding tert-OH is 3. The van der Waals surface area contributed by atoms with Crippen molar-refractivity contribution in [2.24, 2.45) is 53.3 Å². The van der Waals surface area contributed by atoms with E-state index in [0.717, 1.165) is 93.6 Å². The smallest absolute Gasteiger partial charge is 0.115 e. The van der Waals surface area contributed by atoms with Gasteiger partial charge in [-0.2, -0.15) is 0 Å². The van der Waals surface area contributed by atoms with Crippen LogP contribution in [0, 0.1) is 53.3 Å². The number of benzene rings is 3. The molecular weight excluding hydrogens is 725 g/mol. The lowest BCUT2D eigenvalue weighted by Gasteiger charge is -2.50. The maximum absolute atomic E-state index is 11.3. The van der Waals surface area contributed by atoms with E-state index in [1.165, 1.54) is 66.4 Å². The summed E-state index contributed by atoms with van der Waals surface area (Å²) in [5.41, 5.74) is 8.33. The molecule has 0 saturated heterocycles. The van der Waals surface area contributed by atoms with E-state index < -0.39 is 5.60 Å². The number of aliphatic hydroxyl groups is 4. The average molecular weight is 789 g/mol. The Bertz CT molecular complexity index is 2040. The van der Waals surface area contributed by atoms with E-state index >= 15 is 0 Å². The fourth-order valence-electron chi connectivity index (χ4n) is 15.0. The summed E-state index contributed by atoms with van der Waals surface area (Å²) in [5.74, 6) is 6.76. The standard InChI is InChI=1S/C17H22O3.C17H22O2.C17H20O2/c18-11-2-5-14-10(9-11)1-4-15-12-3-6-16(19)13(12)7-8-17(14,15)20;2*18-11-2-4-12-10(9-11)1-3-14-13(12)5-6-16-15(14)7-8-17(16)19/h2,5,9,12-13,15-16,18-20H,1,3-4,6-8H2;2,4,9,13-19H,1,3,5-8H2;2,4-5,9,14-19H,1,3,6-8H2. The predicted molar refractivity (Wildman–Crippen MR) is 224 cm³/mol. The van der Waals surface area contributed by atoms with Crippen LogP contribution in [0.15, 0.2) is 60.7 Å². The molecule has 310 valence electrons. The van der Waals surface area contributed by atoms with Crippen molar-refractivity contribution in [2.75, 3.05) is 0 Å². The molecule has 3 aromatic rings. The topological polar surface area (TPSA) is 142 Å². The van der Waals surface area contributed by atoms with E-state index in [2.05, 4.69) is 18.2 Å². The molecule has 9 aliphatic carbocycles. The van der Waals surface area contributed by atoms with Crippen LogP contribution in [-0.4, -0.2) is 54.1 Å². The molecule has 0 bridgehead atoms. The number of allylic oxidation sites excluding steroid dienone is 2. The second-order valence-electron chi connectivity index (χ2n) is 20.0. The molecule has 14 unspecified atom stereocenters. The Hall–Kier alpha value is -3.36. The number of rotatable bonds is 0. The summed E-state index contributed by atoms with van der Waals surface area (Å²) in [6.45, 7) is 0. The van der Waals surface area contributed by atoms with Crippen molar-refractivity contribution in [1.82, 2.24) is 0 Å². The zero-order valence-electron chi connectivity index (χ0n) is 33.9. The van der Waals surface area contributed by atoms with Gasteiger partial charge in [0.25, 0.3) is 0 Å². The largest absolute Gasteiger partial charge is 0.508 e. The summed E-state index contributed by atoms with van der Waals surface area (Å²) < 4.78 is 0. The fourth-order valence-corrected chi connectivity index (χ4v) is 15.0. The van der Waals surface area contributed by atoms with Gasteiger partial charge in [-0.15, -0.1) is 0 Å². The quantitative estimate of drug-likeness (QED) is 0.121. The summed E-state index contributed by atoms with van der Waals surface area (Å²) >= 11 is 0. The van der Waals surface area contributed by atoms with Crippen LogP contribution >= 0.6 is 0 Å². The molecule has 9 aliphatic rings. The normalized spacial score (nSPS) is 39.8. The summed E-state index contributed by atoms with van der Waals surface area (Å²) in [4.78, 5) is 0. The highest BCUT2D eigenvalue weighted by atomic mass is 16.3. The molecule has 0 heterocycles. The van der Waals surface area contributed by atoms with Gasteiger partial charge in [-0.1, -0.05) is 24.3 Å². The van der Waals surface area contributed by atoms with Gasteiger partial charge >= 0.3 is 0 Å². The summed E-state index contributed by atoms with van der Waals surface area (Å²) in [5, 5.41) is 70.5. The Morgan fingerprint density at radius 2 is 1.05 bits per heavy atom. The molecule has 7 N–H and O–H groups in total. The highest BCUT2D eigenvalue weighted by molar-refractivity contribution is 5.73. The number of phenolic OH excluding ortho intramolecular Hbond substituents is 3. The third-order valence-electron chi connectivity index (χ3n) is 17.6. The maximum Gasteiger partial charge on any atom is 0.115 e. The van der Waals surface area contributed by atoms with Crippen molar-refractivity contribution in [3.8, 4) is 17.2 Å². The van der Waals surface area contributed by atoms with Gasteiger partial charge in [-0.25, -0.2) is 0 Å². The van der Waals surface area contributed by atoms with Gasteiger partial charge in [0.2, 0.25) is 0 Å². The van der Waals surface area contributed by atoms with Crippen molar-refractivity contribution in [1.29, 1.82) is 0 Å². The molecule has 0 amide bonds. The summed E-state index contributed by atoms with van der Waals surface area (Å²) in [6.07, 6.45) is 20.0. The number of hydrogen-bond acceptors (Lipinski definition) is 7. The first-order chi connectivity index (χ1) is 28.1. The number of phenols is 3. The van der Waals surface area contributed by atoms with Crippen molar-refractivity contribution in [2.45, 2.75) is 139 Å². The molecule has 58 heavy (non-hydrogen) atoms. The third kappa shape index (κ3) is 6.62. The molecule has 0 aliphatic heterocycles. The van der Waals surface area contributed by atoms with Crippen LogP contribution in [0.5, 0.6) is 17.2 Å². The van der Waals surface area contributed by atoms with Gasteiger partial charge in [0, 0.05) is 0 Å². The molecule has 12 rings (SSSR count). The fraction of sp³-hybridized carbons (Fsp3) is 0.608. The highest BCUT2D eigenvalue weighted by Gasteiger charge is 2.55. The predicted octanol–water partition coefficient (Wildman–Crippen LogP) is 8.67. The molecule has 14 atom stereocenters. The molecule has 3 aromatic carbocycles. The van der Waals surface area contributed by atoms with Crippen molar-refractivity contribution >= 4 is 5.57 Å².